The molecule has 1 heterocycles. The standard InChI is InChI=1S/C100H144N11O23P/c1-69(2)90(94(119)105-70(3)92(117)106-76-32-28-72-30-34-84-97(4,78(72)65-76)39-17-41-99(84,6)95(120)109-96(121)100(7)42-18-40-98(5)79-66-77(112)33-29-73(79)31-35-85(98)100)108-93(118)81(23-15-16-43-103-88(115)68-134-83-25-10-8-9-22-80(91(83)110-101)102-44-47-126-50-53-129-57-58-131-59-60-132-61-62-133-63-64-135(122,123)124)107-87(114)38-46-125-49-52-128-55-56-130-54-51-127-48-45-104-86(113)36-37-89(116)111-67-75-21-12-11-19-71(75)26-27-74-20-13-14-24-82(74)111/h11-14,19-21,24,28-29,32-33,65-66,69-70,81,83-85,90,112H,8-10,15-18,22-23,25,30-31,34-64,67-68,101H2,1-7H3,(H,103,115)(H,104,113)(H,105,119)(H,106,117)(H,107,114)(H,108,118)(H,109,120,121)(H2,122,123,124)/t70-,81+,83?,84?,85+,90-,97+,98+,99-,100-/m0/s1. The highest BCUT2D eigenvalue weighted by Gasteiger charge is 2.59. The van der Waals surface area contributed by atoms with E-state index >= 15 is 0 Å². The SMILES string of the molecule is CC(C)[C@H](NC(=O)[C@@H](CCCCNC(=O)COC1CCCCCC(=NCCOCCOCCOCCOCCOCCP(=O)(O)O)C1=NN)NC(=O)CCOCCOCCOCCOCCNC(=O)CCC(=O)N1Cc2ccccc2C#Cc2ccccc21)C(=O)N[C@@H](C)C(=O)Nc1ccc2c(c1)[C@@]1(C)CCC[C@](C)(C(=O)NC(=O)[C@@]3(C)CCC[C@]4(C)c5cc(O)ccc5CC[C@@H]34)C1CC2. The molecule has 3 fully saturated rings. The highest BCUT2D eigenvalue weighted by molar-refractivity contribution is 7.51. The first-order chi connectivity index (χ1) is 64.9. The van der Waals surface area contributed by atoms with Crippen LogP contribution in [0.1, 0.15) is 209 Å². The van der Waals surface area contributed by atoms with Crippen LogP contribution in [0.4, 0.5) is 11.4 Å². The van der Waals surface area contributed by atoms with Gasteiger partial charge < -0.3 is 105 Å². The molecule has 35 heteroatoms. The van der Waals surface area contributed by atoms with Gasteiger partial charge >= 0.3 is 7.60 Å². The molecule has 2 unspecified atom stereocenters. The number of nitrogens with zero attached hydrogens (tertiary/aromatic N) is 3. The largest absolute Gasteiger partial charge is 0.508 e. The van der Waals surface area contributed by atoms with Gasteiger partial charge in [-0.2, -0.15) is 5.10 Å². The summed E-state index contributed by atoms with van der Waals surface area (Å²) in [5.41, 5.74) is 6.80. The summed E-state index contributed by atoms with van der Waals surface area (Å²) in [5, 5.41) is 35.0. The Morgan fingerprint density at radius 1 is 0.533 bits per heavy atom. The number of aryl methyl sites for hydroxylation is 2. The molecule has 12 N–H and O–H groups in total. The van der Waals surface area contributed by atoms with Crippen molar-refractivity contribution in [1.82, 2.24) is 31.9 Å². The number of benzene rings is 4. The third kappa shape index (κ3) is 32.1. The number of aromatic hydroxyl groups is 1. The molecule has 6 aliphatic rings. The number of imide groups is 1. The molecule has 5 aliphatic carbocycles. The molecule has 0 aromatic heterocycles. The van der Waals surface area contributed by atoms with E-state index in [4.69, 9.17) is 68.0 Å². The van der Waals surface area contributed by atoms with Crippen LogP contribution in [0, 0.1) is 40.4 Å². The van der Waals surface area contributed by atoms with E-state index in [1.54, 1.807) is 31.7 Å². The number of phenolic OH excluding ortho intramolecular Hbond substituents is 1. The smallest absolute Gasteiger partial charge is 0.327 e. The Bertz CT molecular complexity index is 4790. The van der Waals surface area contributed by atoms with Crippen LogP contribution in [0.3, 0.4) is 0 Å². The molecular formula is C100H144N11O23P. The van der Waals surface area contributed by atoms with Gasteiger partial charge in [0.05, 0.1) is 160 Å². The number of amides is 9. The lowest BCUT2D eigenvalue weighted by atomic mass is 9.49. The van der Waals surface area contributed by atoms with E-state index in [9.17, 15) is 52.8 Å². The summed E-state index contributed by atoms with van der Waals surface area (Å²) < 4.78 is 67.2. The number of ether oxygens (including phenoxy) is 10. The van der Waals surface area contributed by atoms with Crippen molar-refractivity contribution in [3.63, 3.8) is 0 Å². The highest BCUT2D eigenvalue weighted by atomic mass is 31.2. The molecule has 0 bridgehead atoms. The number of para-hydroxylation sites is 1. The summed E-state index contributed by atoms with van der Waals surface area (Å²) in [6.07, 6.45) is 11.1. The summed E-state index contributed by atoms with van der Waals surface area (Å²) in [7, 11) is -4.08. The van der Waals surface area contributed by atoms with Crippen molar-refractivity contribution in [1.29, 1.82) is 0 Å². The third-order valence-corrected chi connectivity index (χ3v) is 27.9. The molecule has 0 radical (unpaired) electrons. The first-order valence-corrected chi connectivity index (χ1v) is 50.0. The van der Waals surface area contributed by atoms with Gasteiger partial charge in [-0.1, -0.05) is 122 Å². The summed E-state index contributed by atoms with van der Waals surface area (Å²) in [5.74, 6) is 8.34. The molecule has 1 aliphatic heterocycles. The Morgan fingerprint density at radius 2 is 1.09 bits per heavy atom. The minimum absolute atomic E-state index is 0.00698. The van der Waals surface area contributed by atoms with Crippen LogP contribution in [0.15, 0.2) is 95.0 Å². The number of carbonyl (C=O) groups excluding carboxylic acids is 9. The number of nitrogens with one attached hydrogen (secondary N) is 7. The maximum atomic E-state index is 15.0. The molecule has 10 rings (SSSR count). The van der Waals surface area contributed by atoms with Crippen molar-refractivity contribution >= 4 is 83.6 Å². The predicted molar refractivity (Wildman–Crippen MR) is 510 cm³/mol. The fourth-order valence-corrected chi connectivity index (χ4v) is 20.1. The van der Waals surface area contributed by atoms with E-state index < -0.39 is 83.5 Å². The Hall–Kier alpha value is -9.44. The molecule has 4 aromatic carbocycles. The van der Waals surface area contributed by atoms with Gasteiger partial charge in [0.25, 0.3) is 0 Å². The van der Waals surface area contributed by atoms with E-state index in [2.05, 4.69) is 68.0 Å². The number of rotatable bonds is 54. The molecule has 0 saturated heterocycles. The van der Waals surface area contributed by atoms with Crippen LogP contribution < -0.4 is 48.0 Å². The average molecular weight is 1900 g/mol. The van der Waals surface area contributed by atoms with Gasteiger partial charge in [0.1, 0.15) is 42.3 Å². The molecule has 135 heavy (non-hydrogen) atoms. The van der Waals surface area contributed by atoms with E-state index in [0.717, 1.165) is 97.6 Å². The maximum Gasteiger partial charge on any atom is 0.327 e. The van der Waals surface area contributed by atoms with Crippen LogP contribution in [0.5, 0.6) is 5.75 Å². The van der Waals surface area contributed by atoms with Crippen molar-refractivity contribution in [2.45, 2.75) is 225 Å². The summed E-state index contributed by atoms with van der Waals surface area (Å²) >= 11 is 0. The number of aliphatic imine (C=N–C) groups is 1. The number of hydrogen-bond donors (Lipinski definition) is 11. The third-order valence-electron chi connectivity index (χ3n) is 27.1. The van der Waals surface area contributed by atoms with Crippen LogP contribution in [0.2, 0.25) is 0 Å². The Morgan fingerprint density at radius 3 is 1.70 bits per heavy atom. The molecule has 742 valence electrons. The van der Waals surface area contributed by atoms with Crippen LogP contribution in [-0.4, -0.2) is 255 Å². The van der Waals surface area contributed by atoms with Gasteiger partial charge in [-0.15, -0.1) is 0 Å². The van der Waals surface area contributed by atoms with Gasteiger partial charge in [-0.25, -0.2) is 0 Å². The zero-order chi connectivity index (χ0) is 96.8. The molecule has 34 nitrogen and oxygen atoms in total. The van der Waals surface area contributed by atoms with Gasteiger partial charge in [0, 0.05) is 49.2 Å². The van der Waals surface area contributed by atoms with Crippen LogP contribution in [0.25, 0.3) is 0 Å². The van der Waals surface area contributed by atoms with E-state index in [1.165, 1.54) is 5.56 Å². The van der Waals surface area contributed by atoms with Crippen molar-refractivity contribution in [3.05, 3.63) is 124 Å². The summed E-state index contributed by atoms with van der Waals surface area (Å²) in [4.78, 5) is 151. The van der Waals surface area contributed by atoms with Gasteiger partial charge in [-0.05, 0) is 196 Å². The number of hydrogen-bond acceptors (Lipinski definition) is 24. The Balaban J connectivity index is 0.655. The number of phenols is 1. The fraction of sp³-hybridized carbons (Fsp3) is 0.630. The zero-order valence-corrected chi connectivity index (χ0v) is 80.7. The second-order valence-corrected chi connectivity index (χ2v) is 38.9. The second kappa shape index (κ2) is 54.1. The van der Waals surface area contributed by atoms with Gasteiger partial charge in [0.2, 0.25) is 53.2 Å². The number of hydrazone groups is 1. The lowest BCUT2D eigenvalue weighted by molar-refractivity contribution is -0.150. The molecular weight excluding hydrogens is 1750 g/mol. The number of nitrogens with two attached hydrogens (primary N) is 1. The lowest BCUT2D eigenvalue weighted by Gasteiger charge is -2.56. The van der Waals surface area contributed by atoms with Crippen molar-refractivity contribution in [2.24, 2.45) is 44.5 Å². The maximum absolute atomic E-state index is 15.0. The van der Waals surface area contributed by atoms with E-state index in [1.807, 2.05) is 92.7 Å². The first-order valence-electron chi connectivity index (χ1n) is 48.2. The molecule has 4 aromatic rings. The molecule has 10 atom stereocenters. The first kappa shape index (κ1) is 108. The predicted octanol–water partition coefficient (Wildman–Crippen LogP) is 8.78. The minimum Gasteiger partial charge on any atom is -0.508 e. The van der Waals surface area contributed by atoms with Crippen molar-refractivity contribution in [3.8, 4) is 17.6 Å². The summed E-state index contributed by atoms with van der Waals surface area (Å²) in [6.45, 7) is 18.8. The fourth-order valence-electron chi connectivity index (χ4n) is 19.8. The molecule has 0 spiro atoms. The topological polar surface area (TPSA) is 462 Å². The Kier molecular flexibility index (Phi) is 43.1. The zero-order valence-electron chi connectivity index (χ0n) is 79.8. The number of anilines is 2. The number of carbonyl (C=O) groups is 9. The minimum atomic E-state index is -4.08. The highest BCUT2D eigenvalue weighted by Crippen LogP contribution is 2.60. The number of unbranched alkanes of at least 4 members (excludes halogenated alkanes) is 1. The van der Waals surface area contributed by atoms with Crippen molar-refractivity contribution < 1.29 is 110 Å². The summed E-state index contributed by atoms with van der Waals surface area (Å²) in [6, 6.07) is 23.3. The van der Waals surface area contributed by atoms with Gasteiger partial charge in [-0.3, -0.25) is 58.0 Å². The van der Waals surface area contributed by atoms with E-state index in [0.29, 0.717) is 127 Å². The lowest BCUT2D eigenvalue weighted by Crippen LogP contribution is -2.60. The monoisotopic (exact) mass is 1900 g/mol. The molecule has 3 saturated carbocycles. The van der Waals surface area contributed by atoms with Crippen LogP contribution >= 0.6 is 7.60 Å². The average Bonchev–Trinajstić information content (AvgIpc) is 0.721. The quantitative estimate of drug-likeness (QED) is 0.00491. The normalized spacial score (nSPS) is 22.0. The second-order valence-electron chi connectivity index (χ2n) is 37.1. The van der Waals surface area contributed by atoms with E-state index in [-0.39, 0.29) is 171 Å². The van der Waals surface area contributed by atoms with Crippen LogP contribution in [-0.2, 0) is 125 Å². The number of fused-ring (bicyclic) bond motifs is 8. The van der Waals surface area contributed by atoms with Crippen molar-refractivity contribution in [2.75, 3.05) is 162 Å². The van der Waals surface area contributed by atoms with Gasteiger partial charge in [0.15, 0.2) is 0 Å². The Labute approximate surface area is 793 Å². The molecule has 9 amide bonds.